The number of amides is 4. The van der Waals surface area contributed by atoms with E-state index in [9.17, 15) is 53.9 Å². The highest BCUT2D eigenvalue weighted by atomic mass is 32.1. The molecule has 0 aliphatic heterocycles. The molecule has 0 unspecified atom stereocenters. The Hall–Kier alpha value is -6.40. The molecular formula is C41H41F9N10O3S3. The highest BCUT2D eigenvalue weighted by Gasteiger charge is 2.32. The molecule has 4 amide bonds. The number of anilines is 5. The average Bonchev–Trinajstić information content (AvgIpc) is 4.00. The number of nitrogen functional groups attached to an aromatic ring is 1. The molecule has 3 aromatic carbocycles. The molecule has 3 heterocycles. The van der Waals surface area contributed by atoms with Crippen molar-refractivity contribution in [2.24, 2.45) is 10.7 Å². The maximum Gasteiger partial charge on any atom is 0.416 e. The molecule has 0 bridgehead atoms. The van der Waals surface area contributed by atoms with Crippen molar-refractivity contribution in [1.82, 2.24) is 15.0 Å². The maximum absolute atomic E-state index is 12.6. The number of nitrogens with zero attached hydrogens (tertiary/aromatic N) is 4. The summed E-state index contributed by atoms with van der Waals surface area (Å²) in [4.78, 5) is 51.6. The summed E-state index contributed by atoms with van der Waals surface area (Å²) >= 11 is 4.18. The van der Waals surface area contributed by atoms with Crippen molar-refractivity contribution in [3.8, 4) is 0 Å². The first-order valence-corrected chi connectivity index (χ1v) is 21.6. The van der Waals surface area contributed by atoms with Crippen LogP contribution in [0.15, 0.2) is 96.4 Å². The van der Waals surface area contributed by atoms with Gasteiger partial charge in [-0.25, -0.2) is 29.3 Å². The summed E-state index contributed by atoms with van der Waals surface area (Å²) in [5.41, 5.74) is 8.42. The number of aromatic nitrogens is 3. The lowest BCUT2D eigenvalue weighted by Gasteiger charge is -2.09. The highest BCUT2D eigenvalue weighted by Crippen LogP contribution is 2.33. The second kappa shape index (κ2) is 25.9. The maximum atomic E-state index is 12.6. The number of alkyl halides is 9. The van der Waals surface area contributed by atoms with Crippen molar-refractivity contribution >= 4 is 84.6 Å². The second-order valence-electron chi connectivity index (χ2n) is 13.0. The molecule has 0 saturated carbocycles. The Morgan fingerprint density at radius 2 is 1.02 bits per heavy atom. The Morgan fingerprint density at radius 3 is 1.41 bits per heavy atom. The summed E-state index contributed by atoms with van der Waals surface area (Å²) in [7, 11) is 0. The molecule has 6 aromatic rings. The molecule has 0 radical (unpaired) electrons. The van der Waals surface area contributed by atoms with Crippen LogP contribution in [-0.4, -0.2) is 39.6 Å². The lowest BCUT2D eigenvalue weighted by atomic mass is 10.2. The Morgan fingerprint density at radius 1 is 0.606 bits per heavy atom. The first-order chi connectivity index (χ1) is 31.1. The number of hydrogen-bond acceptors (Lipinski definition) is 12. The quantitative estimate of drug-likeness (QED) is 0.0418. The van der Waals surface area contributed by atoms with Crippen molar-refractivity contribution in [1.29, 1.82) is 0 Å². The molecule has 13 nitrogen and oxygen atoms in total. The van der Waals surface area contributed by atoms with E-state index >= 15 is 0 Å². The van der Waals surface area contributed by atoms with Gasteiger partial charge in [0.05, 0.1) is 22.4 Å². The van der Waals surface area contributed by atoms with Crippen LogP contribution < -0.4 is 32.7 Å². The lowest BCUT2D eigenvalue weighted by Crippen LogP contribution is -2.19. The number of aliphatic imine (C=N–C) groups is 1. The third-order valence-electron chi connectivity index (χ3n) is 7.75. The molecule has 3 aromatic heterocycles. The van der Waals surface area contributed by atoms with Gasteiger partial charge in [-0.05, 0) is 80.4 Å². The van der Waals surface area contributed by atoms with Crippen LogP contribution in [0.2, 0.25) is 0 Å². The topological polar surface area (TPSA) is 202 Å². The minimum Gasteiger partial charge on any atom is -0.375 e. The van der Waals surface area contributed by atoms with Gasteiger partial charge in [-0.1, -0.05) is 44.9 Å². The van der Waals surface area contributed by atoms with Gasteiger partial charge in [0.25, 0.3) is 0 Å². The zero-order chi connectivity index (χ0) is 48.9. The minimum absolute atomic E-state index is 0.0473. The van der Waals surface area contributed by atoms with E-state index in [2.05, 4.69) is 48.1 Å². The van der Waals surface area contributed by atoms with Crippen LogP contribution in [0.4, 0.5) is 81.6 Å². The van der Waals surface area contributed by atoms with Gasteiger partial charge in [0.2, 0.25) is 6.08 Å². The summed E-state index contributed by atoms with van der Waals surface area (Å²) in [5, 5.41) is 11.1. The van der Waals surface area contributed by atoms with Crippen LogP contribution in [0, 0.1) is 0 Å². The fraction of sp³-hybridized carbons (Fsp3) is 0.268. The number of aryl methyl sites for hydroxylation is 2. The van der Waals surface area contributed by atoms with E-state index in [0.717, 1.165) is 65.4 Å². The van der Waals surface area contributed by atoms with Gasteiger partial charge in [-0.15, -0.1) is 34.0 Å². The molecule has 354 valence electrons. The van der Waals surface area contributed by atoms with Gasteiger partial charge >= 0.3 is 30.6 Å². The van der Waals surface area contributed by atoms with Crippen molar-refractivity contribution in [3.63, 3.8) is 0 Å². The van der Waals surface area contributed by atoms with Gasteiger partial charge in [0, 0.05) is 44.6 Å². The minimum atomic E-state index is -4.46. The molecule has 0 saturated heterocycles. The molecule has 0 atom stereocenters. The van der Waals surface area contributed by atoms with Gasteiger partial charge in [0.1, 0.15) is 0 Å². The zero-order valence-corrected chi connectivity index (χ0v) is 37.1. The van der Waals surface area contributed by atoms with Crippen LogP contribution in [-0.2, 0) is 42.6 Å². The van der Waals surface area contributed by atoms with Crippen molar-refractivity contribution in [2.75, 3.05) is 33.5 Å². The lowest BCUT2D eigenvalue weighted by molar-refractivity contribution is -0.138. The number of nitrogens with two attached hydrogens (primary N) is 2. The van der Waals surface area contributed by atoms with Crippen LogP contribution in [0.25, 0.3) is 0 Å². The van der Waals surface area contributed by atoms with E-state index in [1.165, 1.54) is 76.4 Å². The largest absolute Gasteiger partial charge is 0.416 e. The van der Waals surface area contributed by atoms with Gasteiger partial charge in [-0.2, -0.15) is 44.5 Å². The summed E-state index contributed by atoms with van der Waals surface area (Å²) in [6.45, 7) is 4.65. The standard InChI is InChI=1S/C14H14F3N3OS.C13H13F3N4OS.C8H4F3NO.C6H10N2S/c1-2-4-11-8-18-13(22-11)20-12(21)19-10-6-3-5-9(7-10)14(15,16)17;14-13(15,16)8-2-1-3-9(6-8)19-11(21)20-12-18-7-10(22-12)4-5-17;9-8(10,11)6-2-1-3-7(4-6)12-5-13;1-2-3-5-4-8-6(7)9-5/h3,5-8H,2,4H2,1H3,(H2,18,19,20,21);1-3,6-7H,4-5,17H2,(H2,18,19,20,21);1-4H;4H,2-3H2,1H3,(H2,7,8). The Bertz CT molecular complexity index is 2390. The van der Waals surface area contributed by atoms with Crippen LogP contribution in [0.3, 0.4) is 0 Å². The Balaban J connectivity index is 0.000000246. The van der Waals surface area contributed by atoms with Crippen LogP contribution >= 0.6 is 34.0 Å². The number of carbonyl (C=O) groups is 2. The molecule has 8 N–H and O–H groups in total. The summed E-state index contributed by atoms with van der Waals surface area (Å²) in [5.74, 6) is 0. The van der Waals surface area contributed by atoms with Crippen molar-refractivity contribution < 1.29 is 53.9 Å². The number of hydrogen-bond donors (Lipinski definition) is 6. The van der Waals surface area contributed by atoms with Gasteiger partial charge < -0.3 is 22.1 Å². The molecular weight excluding hydrogens is 948 g/mol. The van der Waals surface area contributed by atoms with E-state index in [4.69, 9.17) is 11.5 Å². The van der Waals surface area contributed by atoms with E-state index < -0.39 is 47.3 Å². The summed E-state index contributed by atoms with van der Waals surface area (Å²) < 4.78 is 112. The SMILES string of the molecule is CCCc1cnc(N)s1.CCCc1cnc(NC(=O)Nc2cccc(C(F)(F)F)c2)s1.NCCc1cnc(NC(=O)Nc2cccc(C(F)(F)F)c2)s1.O=C=Nc1cccc(C(F)(F)F)c1. The summed E-state index contributed by atoms with van der Waals surface area (Å²) in [6, 6.07) is 11.7. The van der Waals surface area contributed by atoms with Gasteiger partial charge in [0.15, 0.2) is 15.4 Å². The number of rotatable bonds is 11. The molecule has 6 rings (SSSR count). The molecule has 66 heavy (non-hydrogen) atoms. The number of nitrogens with one attached hydrogen (secondary N) is 4. The smallest absolute Gasteiger partial charge is 0.375 e. The number of benzene rings is 3. The van der Waals surface area contributed by atoms with E-state index in [-0.39, 0.29) is 17.1 Å². The van der Waals surface area contributed by atoms with E-state index in [0.29, 0.717) is 28.4 Å². The first-order valence-electron chi connectivity index (χ1n) is 19.2. The number of carbonyl (C=O) groups excluding carboxylic acids is 3. The van der Waals surface area contributed by atoms with Crippen molar-refractivity contribution in [3.05, 3.63) is 123 Å². The van der Waals surface area contributed by atoms with Crippen LogP contribution in [0.5, 0.6) is 0 Å². The van der Waals surface area contributed by atoms with Gasteiger partial charge in [-0.3, -0.25) is 10.6 Å². The Labute approximate surface area is 383 Å². The Kier molecular flexibility index (Phi) is 21.2. The first kappa shape index (κ1) is 53.9. The highest BCUT2D eigenvalue weighted by molar-refractivity contribution is 7.16. The number of thiazole rings is 3. The van der Waals surface area contributed by atoms with Crippen LogP contribution in [0.1, 0.15) is 58.0 Å². The molecule has 0 aliphatic rings. The number of isocyanates is 1. The fourth-order valence-electron chi connectivity index (χ4n) is 4.90. The molecule has 0 spiro atoms. The van der Waals surface area contributed by atoms with E-state index in [1.807, 2.05) is 13.1 Å². The van der Waals surface area contributed by atoms with Crippen molar-refractivity contribution in [2.45, 2.75) is 64.5 Å². The molecule has 0 fully saturated rings. The molecule has 25 heteroatoms. The molecule has 0 aliphatic carbocycles. The normalized spacial score (nSPS) is 11.0. The predicted molar refractivity (Wildman–Crippen MR) is 239 cm³/mol. The third-order valence-corrected chi connectivity index (χ3v) is 10.6. The number of urea groups is 2. The number of halogens is 9. The second-order valence-corrected chi connectivity index (χ2v) is 16.4. The van der Waals surface area contributed by atoms with E-state index in [1.54, 1.807) is 23.7 Å². The predicted octanol–water partition coefficient (Wildman–Crippen LogP) is 12.4. The average molecular weight is 989 g/mol. The zero-order valence-electron chi connectivity index (χ0n) is 34.7. The monoisotopic (exact) mass is 988 g/mol. The fourth-order valence-corrected chi connectivity index (χ4v) is 7.42. The summed E-state index contributed by atoms with van der Waals surface area (Å²) in [6.07, 6.45) is -2.26. The third kappa shape index (κ3) is 19.8.